The molecule has 0 spiro atoms. The molecule has 1 aliphatic heterocycles. The van der Waals surface area contributed by atoms with E-state index < -0.39 is 0 Å². The summed E-state index contributed by atoms with van der Waals surface area (Å²) < 4.78 is 5.03. The molecule has 1 aromatic rings. The van der Waals surface area contributed by atoms with Crippen molar-refractivity contribution in [2.45, 2.75) is 13.0 Å². The molecule has 1 saturated heterocycles. The second-order valence-electron chi connectivity index (χ2n) is 4.17. The number of hydrogen-bond acceptors (Lipinski definition) is 3. The van der Waals surface area contributed by atoms with Crippen LogP contribution in [0.25, 0.3) is 0 Å². The summed E-state index contributed by atoms with van der Waals surface area (Å²) in [5.74, 6) is -0.165. The van der Waals surface area contributed by atoms with Gasteiger partial charge in [0.05, 0.1) is 13.2 Å². The molecule has 1 aliphatic rings. The average Bonchev–Trinajstić information content (AvgIpc) is 2.54. The van der Waals surface area contributed by atoms with Gasteiger partial charge in [0, 0.05) is 25.8 Å². The van der Waals surface area contributed by atoms with E-state index in [2.05, 4.69) is 5.32 Å². The summed E-state index contributed by atoms with van der Waals surface area (Å²) in [4.78, 5) is 24.7. The van der Waals surface area contributed by atoms with Crippen molar-refractivity contribution in [3.63, 3.8) is 0 Å². The molecule has 5 heteroatoms. The molecule has 1 aromatic carbocycles. The second kappa shape index (κ2) is 5.64. The SMILES string of the molecule is COCc1ccc(N2CCC(=O)NCC2=O)cc1. The van der Waals surface area contributed by atoms with Gasteiger partial charge in [0.25, 0.3) is 0 Å². The van der Waals surface area contributed by atoms with Crippen LogP contribution in [0.4, 0.5) is 5.69 Å². The number of methoxy groups -OCH3 is 1. The third-order valence-corrected chi connectivity index (χ3v) is 2.86. The van der Waals surface area contributed by atoms with Crippen molar-refractivity contribution in [1.82, 2.24) is 5.32 Å². The molecule has 0 unspecified atom stereocenters. The number of hydrogen-bond donors (Lipinski definition) is 1. The van der Waals surface area contributed by atoms with E-state index in [-0.39, 0.29) is 18.4 Å². The van der Waals surface area contributed by atoms with Crippen molar-refractivity contribution in [3.8, 4) is 0 Å². The first-order valence-electron chi connectivity index (χ1n) is 5.85. The van der Waals surface area contributed by atoms with Crippen LogP contribution in [0.15, 0.2) is 24.3 Å². The predicted molar refractivity (Wildman–Crippen MR) is 67.1 cm³/mol. The van der Waals surface area contributed by atoms with Crippen LogP contribution in [0.2, 0.25) is 0 Å². The molecule has 0 saturated carbocycles. The van der Waals surface area contributed by atoms with Gasteiger partial charge in [-0.05, 0) is 17.7 Å². The Morgan fingerprint density at radius 1 is 1.28 bits per heavy atom. The first-order valence-corrected chi connectivity index (χ1v) is 5.85. The van der Waals surface area contributed by atoms with E-state index in [4.69, 9.17) is 4.74 Å². The third-order valence-electron chi connectivity index (χ3n) is 2.86. The standard InChI is InChI=1S/C13H16N2O3/c1-18-9-10-2-4-11(5-3-10)15-7-6-12(16)14-8-13(15)17/h2-5H,6-9H2,1H3,(H,14,16). The van der Waals surface area contributed by atoms with Crippen molar-refractivity contribution >= 4 is 17.5 Å². The largest absolute Gasteiger partial charge is 0.380 e. The van der Waals surface area contributed by atoms with E-state index in [0.717, 1.165) is 11.3 Å². The number of carbonyl (C=O) groups is 2. The van der Waals surface area contributed by atoms with E-state index in [1.807, 2.05) is 24.3 Å². The molecule has 0 bridgehead atoms. The monoisotopic (exact) mass is 248 g/mol. The Bertz CT molecular complexity index is 442. The fourth-order valence-corrected chi connectivity index (χ4v) is 1.91. The van der Waals surface area contributed by atoms with E-state index >= 15 is 0 Å². The van der Waals surface area contributed by atoms with Crippen LogP contribution in [0.5, 0.6) is 0 Å². The summed E-state index contributed by atoms with van der Waals surface area (Å²) in [6, 6.07) is 7.60. The van der Waals surface area contributed by atoms with Crippen LogP contribution in [-0.2, 0) is 20.9 Å². The van der Waals surface area contributed by atoms with Gasteiger partial charge in [0.15, 0.2) is 0 Å². The molecule has 0 atom stereocenters. The van der Waals surface area contributed by atoms with Crippen LogP contribution in [0.1, 0.15) is 12.0 Å². The Labute approximate surface area is 106 Å². The molecule has 5 nitrogen and oxygen atoms in total. The van der Waals surface area contributed by atoms with E-state index in [0.29, 0.717) is 19.6 Å². The van der Waals surface area contributed by atoms with Gasteiger partial charge in [-0.15, -0.1) is 0 Å². The smallest absolute Gasteiger partial charge is 0.246 e. The first kappa shape index (κ1) is 12.6. The molecule has 0 radical (unpaired) electrons. The highest BCUT2D eigenvalue weighted by atomic mass is 16.5. The zero-order chi connectivity index (χ0) is 13.0. The van der Waals surface area contributed by atoms with Gasteiger partial charge in [0.2, 0.25) is 11.8 Å². The quantitative estimate of drug-likeness (QED) is 0.856. The zero-order valence-corrected chi connectivity index (χ0v) is 10.3. The van der Waals surface area contributed by atoms with Crippen molar-refractivity contribution in [1.29, 1.82) is 0 Å². The van der Waals surface area contributed by atoms with Gasteiger partial charge in [-0.25, -0.2) is 0 Å². The molecular weight excluding hydrogens is 232 g/mol. The van der Waals surface area contributed by atoms with Gasteiger partial charge in [-0.2, -0.15) is 0 Å². The van der Waals surface area contributed by atoms with Crippen molar-refractivity contribution in [3.05, 3.63) is 29.8 Å². The summed E-state index contributed by atoms with van der Waals surface area (Å²) in [6.07, 6.45) is 0.339. The number of nitrogens with zero attached hydrogens (tertiary/aromatic N) is 1. The normalized spacial score (nSPS) is 16.4. The maximum Gasteiger partial charge on any atom is 0.246 e. The van der Waals surface area contributed by atoms with Crippen LogP contribution >= 0.6 is 0 Å². The summed E-state index contributed by atoms with van der Waals surface area (Å²) in [5.41, 5.74) is 1.87. The van der Waals surface area contributed by atoms with E-state index in [1.54, 1.807) is 12.0 Å². The topological polar surface area (TPSA) is 58.6 Å². The van der Waals surface area contributed by atoms with Crippen molar-refractivity contribution < 1.29 is 14.3 Å². The number of anilines is 1. The lowest BCUT2D eigenvalue weighted by molar-refractivity contribution is -0.123. The number of rotatable bonds is 3. The highest BCUT2D eigenvalue weighted by Crippen LogP contribution is 2.17. The number of carbonyl (C=O) groups excluding carboxylic acids is 2. The molecule has 2 rings (SSSR count). The highest BCUT2D eigenvalue weighted by molar-refractivity contribution is 5.98. The first-order chi connectivity index (χ1) is 8.70. The van der Waals surface area contributed by atoms with Crippen LogP contribution in [0.3, 0.4) is 0 Å². The minimum Gasteiger partial charge on any atom is -0.380 e. The average molecular weight is 248 g/mol. The van der Waals surface area contributed by atoms with Crippen LogP contribution < -0.4 is 10.2 Å². The Kier molecular flexibility index (Phi) is 3.94. The van der Waals surface area contributed by atoms with Gasteiger partial charge < -0.3 is 15.0 Å². The van der Waals surface area contributed by atoms with Crippen LogP contribution in [0, 0.1) is 0 Å². The summed E-state index contributed by atoms with van der Waals surface area (Å²) in [7, 11) is 1.64. The van der Waals surface area contributed by atoms with Crippen molar-refractivity contribution in [2.75, 3.05) is 25.1 Å². The molecule has 1 N–H and O–H groups in total. The predicted octanol–water partition coefficient (Wildman–Crippen LogP) is 0.686. The van der Waals surface area contributed by atoms with E-state index in [1.165, 1.54) is 0 Å². The maximum atomic E-state index is 11.9. The third kappa shape index (κ3) is 2.87. The Morgan fingerprint density at radius 3 is 2.67 bits per heavy atom. The molecular formula is C13H16N2O3. The molecule has 0 aromatic heterocycles. The summed E-state index contributed by atoms with van der Waals surface area (Å²) in [5, 5.41) is 2.58. The number of nitrogens with one attached hydrogen (secondary N) is 1. The fourth-order valence-electron chi connectivity index (χ4n) is 1.91. The molecule has 0 aliphatic carbocycles. The molecule has 2 amide bonds. The van der Waals surface area contributed by atoms with Gasteiger partial charge in [-0.3, -0.25) is 9.59 Å². The highest BCUT2D eigenvalue weighted by Gasteiger charge is 2.21. The Morgan fingerprint density at radius 2 is 2.00 bits per heavy atom. The minimum atomic E-state index is -0.0830. The lowest BCUT2D eigenvalue weighted by Crippen LogP contribution is -2.35. The Hall–Kier alpha value is -1.88. The zero-order valence-electron chi connectivity index (χ0n) is 10.3. The number of benzene rings is 1. The lowest BCUT2D eigenvalue weighted by Gasteiger charge is -2.20. The van der Waals surface area contributed by atoms with Crippen molar-refractivity contribution in [2.24, 2.45) is 0 Å². The second-order valence-corrected chi connectivity index (χ2v) is 4.17. The fraction of sp³-hybridized carbons (Fsp3) is 0.385. The molecule has 1 fully saturated rings. The van der Waals surface area contributed by atoms with Gasteiger partial charge >= 0.3 is 0 Å². The van der Waals surface area contributed by atoms with E-state index in [9.17, 15) is 9.59 Å². The minimum absolute atomic E-state index is 0.0681. The lowest BCUT2D eigenvalue weighted by atomic mass is 10.2. The molecule has 96 valence electrons. The number of ether oxygens (including phenoxy) is 1. The van der Waals surface area contributed by atoms with Gasteiger partial charge in [-0.1, -0.05) is 12.1 Å². The van der Waals surface area contributed by atoms with Gasteiger partial charge in [0.1, 0.15) is 0 Å². The molecule has 1 heterocycles. The Balaban J connectivity index is 2.14. The summed E-state index contributed by atoms with van der Waals surface area (Å²) >= 11 is 0. The van der Waals surface area contributed by atoms with Crippen LogP contribution in [-0.4, -0.2) is 32.0 Å². The number of amides is 2. The summed E-state index contributed by atoms with van der Waals surface area (Å²) in [6.45, 7) is 1.04. The molecule has 18 heavy (non-hydrogen) atoms. The maximum absolute atomic E-state index is 11.9.